The summed E-state index contributed by atoms with van der Waals surface area (Å²) >= 11 is 0. The van der Waals surface area contributed by atoms with Gasteiger partial charge in [0.1, 0.15) is 11.2 Å². The van der Waals surface area contributed by atoms with Gasteiger partial charge in [-0.25, -0.2) is 0 Å². The topological polar surface area (TPSA) is 13.1 Å². The third kappa shape index (κ3) is 3.71. The van der Waals surface area contributed by atoms with E-state index >= 15 is 0 Å². The highest BCUT2D eigenvalue weighted by atomic mass is 16.3. The molecule has 0 saturated carbocycles. The highest BCUT2D eigenvalue weighted by Crippen LogP contribution is 2.59. The lowest BCUT2D eigenvalue weighted by Gasteiger charge is -2.31. The molecule has 8 aromatic carbocycles. The van der Waals surface area contributed by atoms with Crippen LogP contribution in [0.15, 0.2) is 150 Å². The van der Waals surface area contributed by atoms with E-state index in [1.165, 1.54) is 88.3 Å². The molecule has 9 aromatic rings. The maximum Gasteiger partial charge on any atom is 0.136 e. The zero-order valence-corrected chi connectivity index (χ0v) is 29.3. The van der Waals surface area contributed by atoms with Crippen molar-refractivity contribution in [1.82, 2.24) is 0 Å². The molecule has 0 spiro atoms. The van der Waals surface area contributed by atoms with Crippen molar-refractivity contribution in [2.75, 3.05) is 0 Å². The first-order chi connectivity index (χ1) is 24.8. The van der Waals surface area contributed by atoms with E-state index in [9.17, 15) is 0 Å². The second kappa shape index (κ2) is 9.86. The lowest BCUT2D eigenvalue weighted by atomic mass is 9.72. The number of benzene rings is 8. The van der Waals surface area contributed by atoms with Gasteiger partial charge in [0.2, 0.25) is 0 Å². The largest absolute Gasteiger partial charge is 0.456 e. The van der Waals surface area contributed by atoms with E-state index in [2.05, 4.69) is 167 Å². The Hall–Kier alpha value is -5.92. The summed E-state index contributed by atoms with van der Waals surface area (Å²) in [6.07, 6.45) is 0. The molecular weight excluding hydrogens is 617 g/mol. The number of hydrogen-bond donors (Lipinski definition) is 0. The lowest BCUT2D eigenvalue weighted by Crippen LogP contribution is -2.24. The fourth-order valence-corrected chi connectivity index (χ4v) is 9.97. The Morgan fingerprint density at radius 2 is 0.804 bits per heavy atom. The van der Waals surface area contributed by atoms with Crippen LogP contribution in [0.5, 0.6) is 0 Å². The minimum Gasteiger partial charge on any atom is -0.456 e. The molecule has 0 unspecified atom stereocenters. The van der Waals surface area contributed by atoms with Gasteiger partial charge in [0.25, 0.3) is 0 Å². The second-order valence-corrected chi connectivity index (χ2v) is 15.6. The number of rotatable bonds is 2. The molecule has 0 atom stereocenters. The summed E-state index contributed by atoms with van der Waals surface area (Å²) in [6.45, 7) is 9.70. The summed E-state index contributed by atoms with van der Waals surface area (Å²) in [5.74, 6) is 0. The normalized spacial score (nSPS) is 15.0. The summed E-state index contributed by atoms with van der Waals surface area (Å²) < 4.78 is 6.38. The van der Waals surface area contributed by atoms with Gasteiger partial charge in [-0.1, -0.05) is 149 Å². The summed E-state index contributed by atoms with van der Waals surface area (Å²) in [6, 6.07) is 54.0. The molecule has 242 valence electrons. The van der Waals surface area contributed by atoms with Crippen molar-refractivity contribution in [2.24, 2.45) is 0 Å². The van der Waals surface area contributed by atoms with Crippen molar-refractivity contribution in [2.45, 2.75) is 38.5 Å². The third-order valence-electron chi connectivity index (χ3n) is 12.2. The van der Waals surface area contributed by atoms with E-state index in [-0.39, 0.29) is 10.8 Å². The van der Waals surface area contributed by atoms with Crippen LogP contribution in [0.1, 0.15) is 49.9 Å². The molecule has 0 saturated heterocycles. The van der Waals surface area contributed by atoms with Crippen molar-refractivity contribution >= 4 is 43.5 Å². The van der Waals surface area contributed by atoms with Crippen LogP contribution in [0.25, 0.3) is 88.0 Å². The van der Waals surface area contributed by atoms with Crippen LogP contribution in [0.2, 0.25) is 0 Å². The average Bonchev–Trinajstić information content (AvgIpc) is 3.72. The van der Waals surface area contributed by atoms with Gasteiger partial charge < -0.3 is 4.42 Å². The van der Waals surface area contributed by atoms with Crippen molar-refractivity contribution < 1.29 is 4.42 Å². The van der Waals surface area contributed by atoms with Gasteiger partial charge in [-0.3, -0.25) is 0 Å². The van der Waals surface area contributed by atoms with Gasteiger partial charge in [0, 0.05) is 21.6 Å². The van der Waals surface area contributed by atoms with Crippen molar-refractivity contribution in [3.8, 4) is 44.5 Å². The van der Waals surface area contributed by atoms with Crippen LogP contribution in [0.4, 0.5) is 0 Å². The fraction of sp³-hybridized carbons (Fsp3) is 0.120. The first kappa shape index (κ1) is 28.9. The standard InChI is InChI=1S/C50H36O/c1-49(2)41-19-11-9-13-31(41)39-25-26-40-32-23-21-29(27-42(32)50(3,4)48(40)47(39)49)45-35-15-5-7-17-37(35)46(38-18-8-6-16-36(38)45)30-22-24-34-33-14-10-12-20-43(33)51-44(34)28-30/h5-28H,1-4H3. The van der Waals surface area contributed by atoms with Crippen LogP contribution < -0.4 is 0 Å². The Balaban J connectivity index is 1.13. The minimum absolute atomic E-state index is 0.0625. The summed E-state index contributed by atoms with van der Waals surface area (Å²) in [5.41, 5.74) is 17.9. The Morgan fingerprint density at radius 3 is 1.45 bits per heavy atom. The van der Waals surface area contributed by atoms with E-state index in [1.807, 2.05) is 6.07 Å². The highest BCUT2D eigenvalue weighted by molar-refractivity contribution is 6.22. The van der Waals surface area contributed by atoms with Gasteiger partial charge >= 0.3 is 0 Å². The van der Waals surface area contributed by atoms with Gasteiger partial charge in [0.15, 0.2) is 0 Å². The van der Waals surface area contributed by atoms with Crippen molar-refractivity contribution in [1.29, 1.82) is 0 Å². The first-order valence-electron chi connectivity index (χ1n) is 18.1. The molecule has 2 aliphatic carbocycles. The van der Waals surface area contributed by atoms with E-state index < -0.39 is 0 Å². The lowest BCUT2D eigenvalue weighted by molar-refractivity contribution is 0.601. The van der Waals surface area contributed by atoms with Gasteiger partial charge in [-0.2, -0.15) is 0 Å². The molecule has 1 aromatic heterocycles. The number of fused-ring (bicyclic) bond motifs is 12. The molecule has 0 radical (unpaired) electrons. The monoisotopic (exact) mass is 652 g/mol. The van der Waals surface area contributed by atoms with E-state index in [0.717, 1.165) is 21.9 Å². The molecule has 0 amide bonds. The SMILES string of the molecule is CC1(C)c2ccccc2-c2ccc3c(c21)C(C)(C)c1cc(-c2c4ccccc4c(-c4ccc5c(c4)oc4ccccc45)c4ccccc24)ccc1-3. The third-order valence-corrected chi connectivity index (χ3v) is 12.2. The Labute approximate surface area is 297 Å². The van der Waals surface area contributed by atoms with Gasteiger partial charge in [-0.05, 0) is 113 Å². The van der Waals surface area contributed by atoms with Gasteiger partial charge in [0.05, 0.1) is 0 Å². The molecule has 0 bridgehead atoms. The predicted molar refractivity (Wildman–Crippen MR) is 215 cm³/mol. The molecular formula is C50H36O. The van der Waals surface area contributed by atoms with Gasteiger partial charge in [-0.15, -0.1) is 0 Å². The van der Waals surface area contributed by atoms with Crippen LogP contribution in [-0.4, -0.2) is 0 Å². The number of hydrogen-bond acceptors (Lipinski definition) is 1. The smallest absolute Gasteiger partial charge is 0.136 e. The highest BCUT2D eigenvalue weighted by Gasteiger charge is 2.45. The quantitative estimate of drug-likeness (QED) is 0.169. The summed E-state index contributed by atoms with van der Waals surface area (Å²) in [4.78, 5) is 0. The molecule has 11 rings (SSSR count). The molecule has 0 aliphatic heterocycles. The van der Waals surface area contributed by atoms with E-state index in [4.69, 9.17) is 4.42 Å². The molecule has 0 fully saturated rings. The fourth-order valence-electron chi connectivity index (χ4n) is 9.97. The van der Waals surface area contributed by atoms with Crippen LogP contribution in [0.3, 0.4) is 0 Å². The second-order valence-electron chi connectivity index (χ2n) is 15.6. The van der Waals surface area contributed by atoms with Crippen LogP contribution in [-0.2, 0) is 10.8 Å². The molecule has 0 N–H and O–H groups in total. The maximum atomic E-state index is 6.38. The Kier molecular flexibility index (Phi) is 5.58. The van der Waals surface area contributed by atoms with Crippen LogP contribution >= 0.6 is 0 Å². The van der Waals surface area contributed by atoms with Crippen molar-refractivity contribution in [3.05, 3.63) is 168 Å². The maximum absolute atomic E-state index is 6.38. The average molecular weight is 653 g/mol. The molecule has 1 nitrogen and oxygen atoms in total. The molecule has 51 heavy (non-hydrogen) atoms. The zero-order chi connectivity index (χ0) is 34.2. The number of para-hydroxylation sites is 1. The Morgan fingerprint density at radius 1 is 0.353 bits per heavy atom. The summed E-state index contributed by atoms with van der Waals surface area (Å²) in [5, 5.41) is 7.34. The first-order valence-corrected chi connectivity index (χ1v) is 18.1. The van der Waals surface area contributed by atoms with E-state index in [1.54, 1.807) is 0 Å². The summed E-state index contributed by atoms with van der Waals surface area (Å²) in [7, 11) is 0. The van der Waals surface area contributed by atoms with Crippen molar-refractivity contribution in [3.63, 3.8) is 0 Å². The molecule has 1 heterocycles. The zero-order valence-electron chi connectivity index (χ0n) is 29.3. The Bertz CT molecular complexity index is 2910. The molecule has 2 aliphatic rings. The van der Waals surface area contributed by atoms with E-state index in [0.29, 0.717) is 0 Å². The minimum atomic E-state index is -0.154. The van der Waals surface area contributed by atoms with Crippen LogP contribution in [0, 0.1) is 0 Å². The number of furan rings is 1. The predicted octanol–water partition coefficient (Wildman–Crippen LogP) is 13.8. The molecule has 1 heteroatoms.